The largest absolute Gasteiger partial charge is 0.465 e. The average Bonchev–Trinajstić information content (AvgIpc) is 2.49. The van der Waals surface area contributed by atoms with Crippen molar-refractivity contribution < 1.29 is 14.3 Å². The monoisotopic (exact) mass is 218 g/mol. The lowest BCUT2D eigenvalue weighted by atomic mass is 10.0. The first kappa shape index (κ1) is 11.5. The molecule has 1 fully saturated rings. The lowest BCUT2D eigenvalue weighted by molar-refractivity contribution is -0.150. The van der Waals surface area contributed by atoms with Gasteiger partial charge in [-0.2, -0.15) is 0 Å². The topological polar surface area (TPSA) is 43.4 Å². The first-order valence-corrected chi connectivity index (χ1v) is 5.50. The van der Waals surface area contributed by atoms with Crippen molar-refractivity contribution in [2.75, 3.05) is 12.5 Å². The minimum Gasteiger partial charge on any atom is -0.465 e. The molecule has 0 aliphatic heterocycles. The van der Waals surface area contributed by atoms with E-state index < -0.39 is 5.92 Å². The van der Waals surface area contributed by atoms with Crippen LogP contribution in [0.2, 0.25) is 0 Å². The van der Waals surface area contributed by atoms with Gasteiger partial charge in [0.2, 0.25) is 0 Å². The van der Waals surface area contributed by atoms with E-state index in [4.69, 9.17) is 16.3 Å². The molecule has 80 valence electrons. The van der Waals surface area contributed by atoms with Crippen LogP contribution in [0.1, 0.15) is 26.2 Å². The molecule has 0 saturated heterocycles. The van der Waals surface area contributed by atoms with Gasteiger partial charge in [0, 0.05) is 11.8 Å². The first-order chi connectivity index (χ1) is 6.70. The number of alkyl halides is 1. The number of carbonyl (C=O) groups is 2. The minimum atomic E-state index is -0.525. The molecule has 1 aliphatic carbocycles. The fourth-order valence-corrected chi connectivity index (χ4v) is 2.10. The summed E-state index contributed by atoms with van der Waals surface area (Å²) in [4.78, 5) is 23.0. The van der Waals surface area contributed by atoms with Gasteiger partial charge in [0.15, 0.2) is 0 Å². The van der Waals surface area contributed by atoms with Crippen LogP contribution in [0.4, 0.5) is 0 Å². The van der Waals surface area contributed by atoms with Crippen LogP contribution in [-0.2, 0) is 14.3 Å². The number of carbonyl (C=O) groups excluding carboxylic acids is 2. The Labute approximate surface area is 88.8 Å². The van der Waals surface area contributed by atoms with Crippen molar-refractivity contribution in [2.45, 2.75) is 26.2 Å². The molecule has 0 aromatic carbocycles. The molecule has 3 nitrogen and oxygen atoms in total. The summed E-state index contributed by atoms with van der Waals surface area (Å²) in [6.45, 7) is 2.08. The number of hydrogen-bond donors (Lipinski definition) is 0. The smallest absolute Gasteiger partial charge is 0.316 e. The fraction of sp³-hybridized carbons (Fsp3) is 0.800. The molecule has 0 aromatic rings. The highest BCUT2D eigenvalue weighted by Gasteiger charge is 2.38. The Morgan fingerprint density at radius 3 is 2.86 bits per heavy atom. The van der Waals surface area contributed by atoms with Gasteiger partial charge < -0.3 is 4.74 Å². The zero-order valence-electron chi connectivity index (χ0n) is 8.29. The lowest BCUT2D eigenvalue weighted by Gasteiger charge is -2.08. The maximum absolute atomic E-state index is 11.7. The van der Waals surface area contributed by atoms with Gasteiger partial charge in [-0.15, -0.1) is 11.6 Å². The van der Waals surface area contributed by atoms with Gasteiger partial charge in [-0.25, -0.2) is 0 Å². The molecule has 2 unspecified atom stereocenters. The van der Waals surface area contributed by atoms with Crippen LogP contribution in [0.15, 0.2) is 0 Å². The highest BCUT2D eigenvalue weighted by atomic mass is 35.5. The first-order valence-electron chi connectivity index (χ1n) is 4.97. The van der Waals surface area contributed by atoms with Crippen LogP contribution < -0.4 is 0 Å². The van der Waals surface area contributed by atoms with Gasteiger partial charge in [0.1, 0.15) is 11.7 Å². The maximum atomic E-state index is 11.7. The quantitative estimate of drug-likeness (QED) is 0.410. The highest BCUT2D eigenvalue weighted by Crippen LogP contribution is 2.30. The van der Waals surface area contributed by atoms with E-state index in [2.05, 4.69) is 0 Å². The van der Waals surface area contributed by atoms with Crippen molar-refractivity contribution in [1.29, 1.82) is 0 Å². The second-order valence-electron chi connectivity index (χ2n) is 3.46. The number of esters is 1. The Kier molecular flexibility index (Phi) is 4.39. The number of rotatable bonds is 4. The third-order valence-corrected chi connectivity index (χ3v) is 2.80. The number of halogens is 1. The van der Waals surface area contributed by atoms with Gasteiger partial charge in [0.25, 0.3) is 0 Å². The average molecular weight is 219 g/mol. The molecular formula is C10H15ClO3. The molecule has 0 heterocycles. The van der Waals surface area contributed by atoms with Crippen molar-refractivity contribution in [2.24, 2.45) is 11.8 Å². The van der Waals surface area contributed by atoms with Gasteiger partial charge in [0.05, 0.1) is 6.61 Å². The van der Waals surface area contributed by atoms with E-state index in [1.54, 1.807) is 6.92 Å². The number of Topliss-reactive ketones (excluding diaryl/α,β-unsaturated/α-hetero) is 1. The highest BCUT2D eigenvalue weighted by molar-refractivity contribution is 6.18. The fourth-order valence-electron chi connectivity index (χ4n) is 1.83. The van der Waals surface area contributed by atoms with Gasteiger partial charge in [-0.1, -0.05) is 0 Å². The number of ketones is 1. The van der Waals surface area contributed by atoms with Crippen LogP contribution in [0.3, 0.4) is 0 Å². The Morgan fingerprint density at radius 1 is 1.57 bits per heavy atom. The predicted molar refractivity (Wildman–Crippen MR) is 53.2 cm³/mol. The molecule has 0 radical (unpaired) electrons. The van der Waals surface area contributed by atoms with Crippen LogP contribution in [0.25, 0.3) is 0 Å². The van der Waals surface area contributed by atoms with E-state index in [-0.39, 0.29) is 17.7 Å². The zero-order chi connectivity index (χ0) is 10.6. The molecule has 2 atom stereocenters. The Bertz CT molecular complexity index is 227. The molecule has 0 spiro atoms. The normalized spacial score (nSPS) is 26.6. The van der Waals surface area contributed by atoms with Gasteiger partial charge in [-0.05, 0) is 26.2 Å². The van der Waals surface area contributed by atoms with Crippen LogP contribution >= 0.6 is 11.6 Å². The summed E-state index contributed by atoms with van der Waals surface area (Å²) in [5.41, 5.74) is 0. The summed E-state index contributed by atoms with van der Waals surface area (Å²) in [7, 11) is 0. The SMILES string of the molecule is CCOC(=O)C1CCC(CCCl)C1=O. The van der Waals surface area contributed by atoms with Crippen molar-refractivity contribution >= 4 is 23.4 Å². The maximum Gasteiger partial charge on any atom is 0.316 e. The van der Waals surface area contributed by atoms with Crippen LogP contribution in [0.5, 0.6) is 0 Å². The van der Waals surface area contributed by atoms with Crippen molar-refractivity contribution in [3.05, 3.63) is 0 Å². The molecule has 1 saturated carbocycles. The summed E-state index contributed by atoms with van der Waals surface area (Å²) in [6, 6.07) is 0. The van der Waals surface area contributed by atoms with E-state index in [9.17, 15) is 9.59 Å². The van der Waals surface area contributed by atoms with Crippen molar-refractivity contribution in [3.8, 4) is 0 Å². The molecule has 0 amide bonds. The zero-order valence-corrected chi connectivity index (χ0v) is 9.05. The number of hydrogen-bond acceptors (Lipinski definition) is 3. The summed E-state index contributed by atoms with van der Waals surface area (Å²) in [6.07, 6.45) is 2.07. The van der Waals surface area contributed by atoms with E-state index in [1.807, 2.05) is 0 Å². The molecule has 1 rings (SSSR count). The van der Waals surface area contributed by atoms with Crippen molar-refractivity contribution in [3.63, 3.8) is 0 Å². The summed E-state index contributed by atoms with van der Waals surface area (Å²) in [5.74, 6) is -0.421. The van der Waals surface area contributed by atoms with E-state index in [0.29, 0.717) is 25.3 Å². The predicted octanol–water partition coefficient (Wildman–Crippen LogP) is 1.77. The molecule has 0 aromatic heterocycles. The summed E-state index contributed by atoms with van der Waals surface area (Å²) in [5, 5.41) is 0. The van der Waals surface area contributed by atoms with E-state index in [1.165, 1.54) is 0 Å². The molecule has 14 heavy (non-hydrogen) atoms. The number of ether oxygens (including phenoxy) is 1. The Balaban J connectivity index is 2.50. The Hall–Kier alpha value is -0.570. The van der Waals surface area contributed by atoms with Gasteiger partial charge >= 0.3 is 5.97 Å². The van der Waals surface area contributed by atoms with Crippen molar-refractivity contribution in [1.82, 2.24) is 0 Å². The molecule has 1 aliphatic rings. The molecular weight excluding hydrogens is 204 g/mol. The second-order valence-corrected chi connectivity index (χ2v) is 3.84. The summed E-state index contributed by atoms with van der Waals surface area (Å²) < 4.78 is 4.83. The third-order valence-electron chi connectivity index (χ3n) is 2.58. The summed E-state index contributed by atoms with van der Waals surface area (Å²) >= 11 is 5.57. The standard InChI is InChI=1S/C10H15ClO3/c1-2-14-10(13)8-4-3-7(5-6-11)9(8)12/h7-8H,2-6H2,1H3. The van der Waals surface area contributed by atoms with E-state index in [0.717, 1.165) is 6.42 Å². The lowest BCUT2D eigenvalue weighted by Crippen LogP contribution is -2.24. The van der Waals surface area contributed by atoms with Gasteiger partial charge in [-0.3, -0.25) is 9.59 Å². The van der Waals surface area contributed by atoms with Crippen LogP contribution in [0, 0.1) is 11.8 Å². The molecule has 0 bridgehead atoms. The third kappa shape index (κ3) is 2.47. The van der Waals surface area contributed by atoms with E-state index >= 15 is 0 Å². The molecule has 0 N–H and O–H groups in total. The minimum absolute atomic E-state index is 0.0177. The van der Waals surface area contributed by atoms with Crippen LogP contribution in [-0.4, -0.2) is 24.2 Å². The molecule has 4 heteroatoms. The Morgan fingerprint density at radius 2 is 2.29 bits per heavy atom. The second kappa shape index (κ2) is 5.35.